The Morgan fingerprint density at radius 2 is 2.00 bits per heavy atom. The lowest BCUT2D eigenvalue weighted by atomic mass is 10.1. The zero-order valence-electron chi connectivity index (χ0n) is 15.6. The van der Waals surface area contributed by atoms with E-state index in [-0.39, 0.29) is 18.5 Å². The van der Waals surface area contributed by atoms with E-state index < -0.39 is 32.4 Å². The number of rotatable bonds is 7. The summed E-state index contributed by atoms with van der Waals surface area (Å²) >= 11 is 0. The molecule has 0 aliphatic rings. The van der Waals surface area contributed by atoms with Crippen molar-refractivity contribution in [2.24, 2.45) is 0 Å². The number of benzene rings is 1. The van der Waals surface area contributed by atoms with Crippen LogP contribution in [0, 0.1) is 5.82 Å². The summed E-state index contributed by atoms with van der Waals surface area (Å²) in [6.07, 6.45) is 2.73. The Balaban J connectivity index is 1.83. The molecule has 0 aliphatic heterocycles. The van der Waals surface area contributed by atoms with Crippen LogP contribution in [0.4, 0.5) is 4.39 Å². The van der Waals surface area contributed by atoms with Crippen LogP contribution in [-0.2, 0) is 21.2 Å². The van der Waals surface area contributed by atoms with Crippen molar-refractivity contribution in [3.05, 3.63) is 59.0 Å². The first kappa shape index (κ1) is 21.3. The maximum atomic E-state index is 14.6. The van der Waals surface area contributed by atoms with Crippen LogP contribution < -0.4 is 11.0 Å². The maximum Gasteiger partial charge on any atom is 0.261 e. The largest absolute Gasteiger partial charge is 0.312 e. The lowest BCUT2D eigenvalue weighted by Crippen LogP contribution is -2.39. The van der Waals surface area contributed by atoms with E-state index in [0.717, 1.165) is 23.1 Å². The van der Waals surface area contributed by atoms with Gasteiger partial charge in [-0.25, -0.2) is 18.3 Å². The van der Waals surface area contributed by atoms with Gasteiger partial charge >= 0.3 is 0 Å². The van der Waals surface area contributed by atoms with Gasteiger partial charge in [-0.3, -0.25) is 14.8 Å². The van der Waals surface area contributed by atoms with E-state index >= 15 is 0 Å². The Labute approximate surface area is 169 Å². The number of hydrogen-bond acceptors (Lipinski definition) is 8. The summed E-state index contributed by atoms with van der Waals surface area (Å²) in [6, 6.07) is 7.52. The lowest BCUT2D eigenvalue weighted by Gasteiger charge is -2.14. The average molecular weight is 436 g/mol. The zero-order chi connectivity index (χ0) is 21.9. The van der Waals surface area contributed by atoms with E-state index in [9.17, 15) is 22.4 Å². The molecular weight excluding hydrogens is 419 g/mol. The highest BCUT2D eigenvalue weighted by atomic mass is 32.2. The Morgan fingerprint density at radius 3 is 2.57 bits per heavy atom. The van der Waals surface area contributed by atoms with E-state index in [2.05, 4.69) is 15.4 Å². The van der Waals surface area contributed by atoms with Crippen LogP contribution in [0.2, 0.25) is 0 Å². The van der Waals surface area contributed by atoms with Crippen molar-refractivity contribution in [1.29, 1.82) is 0 Å². The van der Waals surface area contributed by atoms with Gasteiger partial charge in [-0.1, -0.05) is 12.1 Å². The van der Waals surface area contributed by atoms with Gasteiger partial charge in [0.05, 0.1) is 5.69 Å². The first-order chi connectivity index (χ1) is 14.2. The van der Waals surface area contributed by atoms with Crippen LogP contribution in [-0.4, -0.2) is 55.8 Å². The summed E-state index contributed by atoms with van der Waals surface area (Å²) in [6.45, 7) is -0.238. The van der Waals surface area contributed by atoms with Gasteiger partial charge in [0.25, 0.3) is 11.5 Å². The summed E-state index contributed by atoms with van der Waals surface area (Å²) in [5, 5.41) is 18.4. The van der Waals surface area contributed by atoms with Crippen molar-refractivity contribution in [3.8, 4) is 16.8 Å². The van der Waals surface area contributed by atoms with E-state index in [1.54, 1.807) is 24.3 Å². The number of carbonyl (C=O) groups is 1. The van der Waals surface area contributed by atoms with Crippen LogP contribution in [0.25, 0.3) is 16.8 Å². The number of aryl methyl sites for hydroxylation is 1. The molecule has 1 amide bonds. The predicted octanol–water partition coefficient (Wildman–Crippen LogP) is -0.0612. The third kappa shape index (κ3) is 4.58. The molecule has 3 aromatic rings. The average Bonchev–Trinajstić information content (AvgIpc) is 3.24. The number of pyridine rings is 1. The van der Waals surface area contributed by atoms with Gasteiger partial charge in [-0.15, -0.1) is 15.0 Å². The summed E-state index contributed by atoms with van der Waals surface area (Å²) in [5.41, 5.74) is 1.80. The second kappa shape index (κ2) is 8.51. The molecule has 13 heteroatoms. The van der Waals surface area contributed by atoms with E-state index in [0.29, 0.717) is 11.3 Å². The highest BCUT2D eigenvalue weighted by molar-refractivity contribution is 7.92. The third-order valence-electron chi connectivity index (χ3n) is 4.39. The van der Waals surface area contributed by atoms with Crippen LogP contribution >= 0.6 is 0 Å². The molecule has 0 radical (unpaired) electrons. The number of halogens is 1. The molecule has 0 aliphatic carbocycles. The standard InChI is InChI=1S/C17H17FN6O5S/c1-30(28,29)15(17(26)21-27)6-7-23-9-14(18)13(8-16(23)25)11-2-4-12(5-3-11)24-20-10-19-22-24/h2-5,8-10,15,27H,6-7H2,1H3,(H,21,26)/t15-/m1/s1. The maximum absolute atomic E-state index is 14.6. The van der Waals surface area contributed by atoms with Crippen molar-refractivity contribution in [3.63, 3.8) is 0 Å². The van der Waals surface area contributed by atoms with Gasteiger partial charge < -0.3 is 4.57 Å². The Morgan fingerprint density at radius 1 is 1.30 bits per heavy atom. The van der Waals surface area contributed by atoms with E-state index in [1.165, 1.54) is 16.6 Å². The molecule has 0 bridgehead atoms. The van der Waals surface area contributed by atoms with Crippen molar-refractivity contribution < 1.29 is 22.8 Å². The monoisotopic (exact) mass is 436 g/mol. The number of aromatic nitrogens is 5. The Kier molecular flexibility index (Phi) is 6.03. The molecule has 0 spiro atoms. The van der Waals surface area contributed by atoms with Gasteiger partial charge in [0.1, 0.15) is 11.1 Å². The lowest BCUT2D eigenvalue weighted by molar-refractivity contribution is -0.128. The Hall–Kier alpha value is -3.45. The molecule has 11 nitrogen and oxygen atoms in total. The van der Waals surface area contributed by atoms with Crippen molar-refractivity contribution >= 4 is 15.7 Å². The highest BCUT2D eigenvalue weighted by Gasteiger charge is 2.28. The number of amides is 1. The topological polar surface area (TPSA) is 149 Å². The minimum Gasteiger partial charge on any atom is -0.312 e. The molecule has 3 rings (SSSR count). The number of carbonyl (C=O) groups excluding carboxylic acids is 1. The van der Waals surface area contributed by atoms with Crippen molar-refractivity contribution in [1.82, 2.24) is 30.3 Å². The molecule has 1 atom stereocenters. The fourth-order valence-corrected chi connectivity index (χ4v) is 3.84. The Bertz CT molecular complexity index is 1210. The number of hydrogen-bond donors (Lipinski definition) is 2. The SMILES string of the molecule is CS(=O)(=O)[C@H](CCn1cc(F)c(-c2ccc(-n3ncnn3)cc2)cc1=O)C(=O)NO. The molecule has 2 heterocycles. The van der Waals surface area contributed by atoms with Gasteiger partial charge in [-0.2, -0.15) is 0 Å². The fourth-order valence-electron chi connectivity index (χ4n) is 2.87. The minimum absolute atomic E-state index is 0.0575. The number of nitrogens with one attached hydrogen (secondary N) is 1. The summed E-state index contributed by atoms with van der Waals surface area (Å²) < 4.78 is 39.0. The number of hydroxylamine groups is 1. The molecule has 2 aromatic heterocycles. The van der Waals surface area contributed by atoms with Crippen LogP contribution in [0.1, 0.15) is 6.42 Å². The molecular formula is C17H17FN6O5S. The van der Waals surface area contributed by atoms with Crippen LogP contribution in [0.15, 0.2) is 47.7 Å². The smallest absolute Gasteiger partial charge is 0.261 e. The molecule has 0 saturated carbocycles. The van der Waals surface area contributed by atoms with Crippen molar-refractivity contribution in [2.75, 3.05) is 6.26 Å². The summed E-state index contributed by atoms with van der Waals surface area (Å²) in [5.74, 6) is -1.83. The third-order valence-corrected chi connectivity index (χ3v) is 5.87. The van der Waals surface area contributed by atoms with Crippen molar-refractivity contribution in [2.45, 2.75) is 18.2 Å². The van der Waals surface area contributed by atoms with Gasteiger partial charge in [0.2, 0.25) is 0 Å². The normalized spacial score (nSPS) is 12.5. The highest BCUT2D eigenvalue weighted by Crippen LogP contribution is 2.22. The number of sulfone groups is 1. The quantitative estimate of drug-likeness (QED) is 0.386. The molecule has 158 valence electrons. The van der Waals surface area contributed by atoms with Gasteiger partial charge in [0.15, 0.2) is 16.2 Å². The second-order valence-corrected chi connectivity index (χ2v) is 8.65. The molecule has 0 saturated heterocycles. The first-order valence-corrected chi connectivity index (χ1v) is 10.5. The number of tetrazole rings is 1. The number of nitrogens with zero attached hydrogens (tertiary/aromatic N) is 5. The molecule has 2 N–H and O–H groups in total. The molecule has 0 unspecified atom stereocenters. The van der Waals surface area contributed by atoms with Crippen LogP contribution in [0.5, 0.6) is 0 Å². The van der Waals surface area contributed by atoms with Gasteiger partial charge in [-0.05, 0) is 29.3 Å². The minimum atomic E-state index is -3.84. The molecule has 0 fully saturated rings. The first-order valence-electron chi connectivity index (χ1n) is 8.57. The van der Waals surface area contributed by atoms with Crippen LogP contribution in [0.3, 0.4) is 0 Å². The zero-order valence-corrected chi connectivity index (χ0v) is 16.5. The van der Waals surface area contributed by atoms with E-state index in [1.807, 2.05) is 0 Å². The second-order valence-electron chi connectivity index (χ2n) is 6.42. The summed E-state index contributed by atoms with van der Waals surface area (Å²) in [4.78, 5) is 25.2. The molecule has 30 heavy (non-hydrogen) atoms. The van der Waals surface area contributed by atoms with Gasteiger partial charge in [0, 0.05) is 30.6 Å². The fraction of sp³-hybridized carbons (Fsp3) is 0.235. The predicted molar refractivity (Wildman–Crippen MR) is 102 cm³/mol. The summed E-state index contributed by atoms with van der Waals surface area (Å²) in [7, 11) is -3.84. The molecule has 1 aromatic carbocycles. The van der Waals surface area contributed by atoms with E-state index in [4.69, 9.17) is 5.21 Å².